The van der Waals surface area contributed by atoms with E-state index in [2.05, 4.69) is 70.0 Å². The molecule has 60 valence electrons. The molecule has 0 aliphatic carbocycles. The van der Waals surface area contributed by atoms with Gasteiger partial charge in [0.2, 0.25) is 0 Å². The lowest BCUT2D eigenvalue weighted by Gasteiger charge is -2.29. The normalized spacial score (nSPS) is 17.6. The van der Waals surface area contributed by atoms with Gasteiger partial charge in [-0.2, -0.15) is 0 Å². The quantitative estimate of drug-likeness (QED) is 0.327. The van der Waals surface area contributed by atoms with Crippen molar-refractivity contribution in [2.45, 2.75) is 0 Å². The van der Waals surface area contributed by atoms with Crippen molar-refractivity contribution >= 4 is 92.1 Å². The molecule has 0 aromatic carbocycles. The largest absolute Gasteiger partial charge is 0.101 e. The Labute approximate surface area is 90.7 Å². The lowest BCUT2D eigenvalue weighted by molar-refractivity contribution is 5.36. The molecule has 0 radical (unpaired) electrons. The highest BCUT2D eigenvalue weighted by molar-refractivity contribution is 9.83. The lowest BCUT2D eigenvalue weighted by Crippen LogP contribution is -1.59. The zero-order valence-corrected chi connectivity index (χ0v) is 11.7. The minimum absolute atomic E-state index is 1.37. The molecule has 0 fully saturated rings. The first kappa shape index (κ1) is 12.2. The first-order chi connectivity index (χ1) is 3.71. The van der Waals surface area contributed by atoms with Crippen LogP contribution in [0.5, 0.6) is 0 Å². The van der Waals surface area contributed by atoms with E-state index in [4.69, 9.17) is 0 Å². The second kappa shape index (κ2) is 4.40. The topological polar surface area (TPSA) is 0 Å². The molecule has 9 heteroatoms. The number of hydrogen-bond acceptors (Lipinski definition) is 7. The van der Waals surface area contributed by atoms with Gasteiger partial charge < -0.3 is 0 Å². The van der Waals surface area contributed by atoms with Crippen LogP contribution in [-0.2, 0) is 0 Å². The van der Waals surface area contributed by atoms with E-state index in [1.165, 1.54) is 9.83 Å². The van der Waals surface area contributed by atoms with Crippen LogP contribution in [0, 0.1) is 0 Å². The summed E-state index contributed by atoms with van der Waals surface area (Å²) in [6.45, 7) is 0. The van der Waals surface area contributed by atoms with Crippen molar-refractivity contribution in [3.8, 4) is 0 Å². The molecule has 0 nitrogen and oxygen atoms in total. The van der Waals surface area contributed by atoms with Gasteiger partial charge in [0.1, 0.15) is 0 Å². The zero-order chi connectivity index (χ0) is 7.71. The summed E-state index contributed by atoms with van der Waals surface area (Å²) in [6, 6.07) is 0. The molecule has 0 bridgehead atoms. The number of hydrogen-bond donors (Lipinski definition) is 6. The standard InChI is InChI=1S/H6S9/c1-8(2,3)7-9(4,5)6/h1-6H. The summed E-state index contributed by atoms with van der Waals surface area (Å²) in [7, 11) is 1.37. The monoisotopic (exact) mass is 294 g/mol. The van der Waals surface area contributed by atoms with Crippen LogP contribution in [0.4, 0.5) is 0 Å². The summed E-state index contributed by atoms with van der Waals surface area (Å²) < 4.78 is 0. The average molecular weight is 295 g/mol. The van der Waals surface area contributed by atoms with E-state index in [0.29, 0.717) is 0 Å². The summed E-state index contributed by atoms with van der Waals surface area (Å²) in [6.07, 6.45) is -2.95. The van der Waals surface area contributed by atoms with Gasteiger partial charge in [0, 0.05) is 0 Å². The summed E-state index contributed by atoms with van der Waals surface area (Å²) in [5.41, 5.74) is 0. The Bertz CT molecular complexity index is 65.2. The van der Waals surface area contributed by atoms with Gasteiger partial charge in [0.15, 0.2) is 0 Å². The van der Waals surface area contributed by atoms with Crippen molar-refractivity contribution in [2.24, 2.45) is 0 Å². The summed E-state index contributed by atoms with van der Waals surface area (Å²) >= 11 is 24.6. The van der Waals surface area contributed by atoms with Gasteiger partial charge in [-0.1, -0.05) is 0 Å². The highest BCUT2D eigenvalue weighted by atomic mass is 34.3. The van der Waals surface area contributed by atoms with Gasteiger partial charge in [-0.3, -0.25) is 0 Å². The fraction of sp³-hybridized carbons (Fsp3) is 0. The summed E-state index contributed by atoms with van der Waals surface area (Å²) in [5.74, 6) is 0. The Hall–Kier alpha value is 3.15. The van der Waals surface area contributed by atoms with E-state index in [9.17, 15) is 0 Å². The fourth-order valence-electron chi connectivity index (χ4n) is 0.122. The first-order valence-corrected chi connectivity index (χ1v) is 12.9. The Balaban J connectivity index is 3.75. The van der Waals surface area contributed by atoms with E-state index < -0.39 is 12.3 Å². The third-order valence-electron chi connectivity index (χ3n) is 0.183. The van der Waals surface area contributed by atoms with Crippen LogP contribution in [0.2, 0.25) is 0 Å². The molecular weight excluding hydrogens is 289 g/mol. The Morgan fingerprint density at radius 2 is 0.889 bits per heavy atom. The molecule has 0 aliphatic heterocycles. The molecule has 0 saturated carbocycles. The maximum Gasteiger partial charge on any atom is -0.00624 e. The predicted octanol–water partition coefficient (Wildman–Crippen LogP) is 4.23. The van der Waals surface area contributed by atoms with Gasteiger partial charge in [-0.05, 0) is 22.1 Å². The van der Waals surface area contributed by atoms with Crippen LogP contribution in [0.15, 0.2) is 0 Å². The first-order valence-electron chi connectivity index (χ1n) is 1.43. The third-order valence-corrected chi connectivity index (χ3v) is 14.8. The van der Waals surface area contributed by atoms with Gasteiger partial charge in [-0.15, -0.1) is 70.0 Å². The highest BCUT2D eigenvalue weighted by Crippen LogP contribution is 2.89. The van der Waals surface area contributed by atoms with Crippen LogP contribution < -0.4 is 0 Å². The van der Waals surface area contributed by atoms with Crippen LogP contribution in [0.3, 0.4) is 0 Å². The van der Waals surface area contributed by atoms with E-state index in [-0.39, 0.29) is 0 Å². The summed E-state index contributed by atoms with van der Waals surface area (Å²) in [5, 5.41) is 0. The van der Waals surface area contributed by atoms with Crippen LogP contribution >= 0.6 is 92.1 Å². The van der Waals surface area contributed by atoms with Crippen molar-refractivity contribution in [1.82, 2.24) is 0 Å². The van der Waals surface area contributed by atoms with Gasteiger partial charge in [0.25, 0.3) is 0 Å². The Kier molecular flexibility index (Phi) is 5.95. The molecule has 9 heavy (non-hydrogen) atoms. The smallest absolute Gasteiger partial charge is 0.00624 e. The molecular formula is H6S9. The maximum absolute atomic E-state index is 4.10. The molecule has 0 N–H and O–H groups in total. The number of thiol groups is 6. The lowest BCUT2D eigenvalue weighted by atomic mass is 29.8. The third kappa shape index (κ3) is 11.1. The molecule has 0 unspecified atom stereocenters. The summed E-state index contributed by atoms with van der Waals surface area (Å²) in [4.78, 5) is 0. The van der Waals surface area contributed by atoms with Crippen LogP contribution in [0.25, 0.3) is 0 Å². The van der Waals surface area contributed by atoms with E-state index >= 15 is 0 Å². The minimum atomic E-state index is -1.47. The Morgan fingerprint density at radius 3 is 0.889 bits per heavy atom. The van der Waals surface area contributed by atoms with Crippen LogP contribution in [-0.4, -0.2) is 0 Å². The molecule has 0 aliphatic rings. The SMILES string of the molecule is SS(S)(S)SS(S)(S)S. The van der Waals surface area contributed by atoms with E-state index in [1.807, 2.05) is 0 Å². The second-order valence-corrected chi connectivity index (χ2v) is 27.1. The molecule has 0 spiro atoms. The van der Waals surface area contributed by atoms with Gasteiger partial charge in [-0.25, -0.2) is 0 Å². The predicted molar refractivity (Wildman–Crippen MR) is 76.7 cm³/mol. The molecule has 0 aromatic rings. The highest BCUT2D eigenvalue weighted by Gasteiger charge is 2.19. The number of rotatable bonds is 2. The van der Waals surface area contributed by atoms with Gasteiger partial charge >= 0.3 is 0 Å². The molecule has 0 aromatic heterocycles. The molecule has 0 heterocycles. The minimum Gasteiger partial charge on any atom is -0.101 e. The Morgan fingerprint density at radius 1 is 0.667 bits per heavy atom. The van der Waals surface area contributed by atoms with Crippen molar-refractivity contribution in [3.05, 3.63) is 0 Å². The van der Waals surface area contributed by atoms with Gasteiger partial charge in [0.05, 0.1) is 0 Å². The maximum atomic E-state index is 4.10. The van der Waals surface area contributed by atoms with Crippen molar-refractivity contribution in [3.63, 3.8) is 0 Å². The molecule has 0 atom stereocenters. The molecule has 0 rings (SSSR count). The van der Waals surface area contributed by atoms with Crippen molar-refractivity contribution in [2.75, 3.05) is 0 Å². The van der Waals surface area contributed by atoms with E-state index in [1.54, 1.807) is 0 Å². The average Bonchev–Trinajstić information content (AvgIpc) is 1.14. The fourth-order valence-corrected chi connectivity index (χ4v) is 29.8. The molecule has 0 amide bonds. The van der Waals surface area contributed by atoms with Crippen molar-refractivity contribution < 1.29 is 0 Å². The van der Waals surface area contributed by atoms with E-state index in [0.717, 1.165) is 0 Å². The zero-order valence-electron chi connectivity index (χ0n) is 3.91. The molecule has 0 saturated heterocycles. The van der Waals surface area contributed by atoms with Crippen molar-refractivity contribution in [1.29, 1.82) is 0 Å². The van der Waals surface area contributed by atoms with Crippen LogP contribution in [0.1, 0.15) is 0 Å². The second-order valence-electron chi connectivity index (χ2n) is 1.01.